The molecule has 0 saturated heterocycles. The van der Waals surface area contributed by atoms with E-state index in [1.807, 2.05) is 20.8 Å². The van der Waals surface area contributed by atoms with E-state index in [1.54, 1.807) is 4.57 Å². The molecule has 0 saturated carbocycles. The summed E-state index contributed by atoms with van der Waals surface area (Å²) in [6.07, 6.45) is 0. The van der Waals surface area contributed by atoms with Gasteiger partial charge in [0.25, 0.3) is 5.56 Å². The molecule has 0 radical (unpaired) electrons. The van der Waals surface area contributed by atoms with Crippen molar-refractivity contribution in [3.05, 3.63) is 25.6 Å². The van der Waals surface area contributed by atoms with Crippen LogP contribution >= 0.6 is 12.2 Å². The average molecular weight is 254 g/mol. The van der Waals surface area contributed by atoms with E-state index >= 15 is 0 Å². The van der Waals surface area contributed by atoms with Crippen molar-refractivity contribution in [3.63, 3.8) is 0 Å². The lowest BCUT2D eigenvalue weighted by molar-refractivity contribution is 0.580. The van der Waals surface area contributed by atoms with E-state index in [0.29, 0.717) is 22.5 Å². The quantitative estimate of drug-likeness (QED) is 0.789. The lowest BCUT2D eigenvalue weighted by atomic mass is 10.3. The number of imidazole rings is 1. The van der Waals surface area contributed by atoms with Crippen LogP contribution in [0.4, 0.5) is 0 Å². The molecule has 2 heterocycles. The maximum atomic E-state index is 11.8. The van der Waals surface area contributed by atoms with Gasteiger partial charge in [0, 0.05) is 12.6 Å². The number of hydrogen-bond acceptors (Lipinski definition) is 3. The number of nitrogens with zero attached hydrogens (tertiary/aromatic N) is 2. The molecular formula is C10H14N4O2S. The smallest absolute Gasteiger partial charge is 0.316 e. The highest BCUT2D eigenvalue weighted by atomic mass is 32.1. The van der Waals surface area contributed by atoms with Crippen LogP contribution < -0.4 is 11.2 Å². The zero-order valence-corrected chi connectivity index (χ0v) is 10.7. The molecule has 0 aliphatic heterocycles. The zero-order valence-electron chi connectivity index (χ0n) is 9.90. The van der Waals surface area contributed by atoms with Crippen LogP contribution in [0.1, 0.15) is 26.8 Å². The molecule has 0 unspecified atom stereocenters. The number of nitrogens with one attached hydrogen (secondary N) is 2. The largest absolute Gasteiger partial charge is 0.330 e. The topological polar surface area (TPSA) is 75.6 Å². The molecule has 2 aromatic rings. The van der Waals surface area contributed by atoms with Gasteiger partial charge in [-0.15, -0.1) is 0 Å². The maximum Gasteiger partial charge on any atom is 0.330 e. The first kappa shape index (κ1) is 11.8. The Hall–Kier alpha value is -1.63. The van der Waals surface area contributed by atoms with E-state index in [-0.39, 0.29) is 6.04 Å². The second-order valence-corrected chi connectivity index (χ2v) is 4.48. The van der Waals surface area contributed by atoms with Crippen molar-refractivity contribution in [2.45, 2.75) is 33.4 Å². The van der Waals surface area contributed by atoms with Crippen LogP contribution in [-0.4, -0.2) is 19.1 Å². The van der Waals surface area contributed by atoms with Gasteiger partial charge in [0.2, 0.25) is 0 Å². The minimum atomic E-state index is -0.419. The molecule has 2 rings (SSSR count). The molecule has 0 amide bonds. The van der Waals surface area contributed by atoms with Gasteiger partial charge in [-0.1, -0.05) is 0 Å². The van der Waals surface area contributed by atoms with Gasteiger partial charge in [-0.25, -0.2) is 4.79 Å². The molecule has 0 aromatic carbocycles. The van der Waals surface area contributed by atoms with Gasteiger partial charge in [0.15, 0.2) is 10.3 Å². The van der Waals surface area contributed by atoms with Gasteiger partial charge in [-0.05, 0) is 33.0 Å². The second-order valence-electron chi connectivity index (χ2n) is 4.09. The fourth-order valence-electron chi connectivity index (χ4n) is 1.97. The number of aromatic nitrogens is 4. The Morgan fingerprint density at radius 2 is 1.94 bits per heavy atom. The highest BCUT2D eigenvalue weighted by Gasteiger charge is 2.14. The summed E-state index contributed by atoms with van der Waals surface area (Å²) < 4.78 is 3.63. The molecule has 0 bridgehead atoms. The van der Waals surface area contributed by atoms with Crippen molar-refractivity contribution in [1.29, 1.82) is 0 Å². The Bertz CT molecular complexity index is 731. The molecule has 0 fully saturated rings. The van der Waals surface area contributed by atoms with Crippen molar-refractivity contribution in [2.75, 3.05) is 0 Å². The number of rotatable bonds is 2. The number of hydrogen-bond donors (Lipinski definition) is 2. The first-order valence-corrected chi connectivity index (χ1v) is 5.85. The Labute approximate surface area is 102 Å². The molecule has 92 valence electrons. The average Bonchev–Trinajstić information content (AvgIpc) is 2.53. The Morgan fingerprint density at radius 3 is 2.47 bits per heavy atom. The van der Waals surface area contributed by atoms with Crippen molar-refractivity contribution >= 4 is 23.4 Å². The lowest BCUT2D eigenvalue weighted by Gasteiger charge is -2.09. The van der Waals surface area contributed by atoms with Crippen LogP contribution in [0, 0.1) is 4.77 Å². The van der Waals surface area contributed by atoms with Gasteiger partial charge < -0.3 is 9.55 Å². The van der Waals surface area contributed by atoms with Crippen LogP contribution in [0.15, 0.2) is 9.59 Å². The second kappa shape index (κ2) is 3.99. The van der Waals surface area contributed by atoms with Gasteiger partial charge >= 0.3 is 5.69 Å². The highest BCUT2D eigenvalue weighted by Crippen LogP contribution is 2.11. The van der Waals surface area contributed by atoms with E-state index in [0.717, 1.165) is 0 Å². The Morgan fingerprint density at radius 1 is 1.29 bits per heavy atom. The standard InChI is InChI=1S/C10H14N4O2S/c1-4-13-6-7(11-10(13)17)14(5(2)3)9(16)12-8(6)15/h5H,4H2,1-3H3,(H,11,17)(H,12,15,16). The van der Waals surface area contributed by atoms with Gasteiger partial charge in [-0.2, -0.15) is 0 Å². The van der Waals surface area contributed by atoms with E-state index in [1.165, 1.54) is 4.57 Å². The normalized spacial score (nSPS) is 11.5. The minimum absolute atomic E-state index is 0.0554. The Kier molecular flexibility index (Phi) is 2.78. The van der Waals surface area contributed by atoms with E-state index in [2.05, 4.69) is 9.97 Å². The molecule has 0 aliphatic carbocycles. The molecule has 0 spiro atoms. The molecule has 7 heteroatoms. The first-order chi connectivity index (χ1) is 7.97. The maximum absolute atomic E-state index is 11.8. The van der Waals surface area contributed by atoms with Crippen molar-refractivity contribution in [3.8, 4) is 0 Å². The van der Waals surface area contributed by atoms with Crippen LogP contribution in [0.5, 0.6) is 0 Å². The molecule has 0 atom stereocenters. The summed E-state index contributed by atoms with van der Waals surface area (Å²) in [5, 5.41) is 0. The molecule has 17 heavy (non-hydrogen) atoms. The predicted molar refractivity (Wildman–Crippen MR) is 68.1 cm³/mol. The summed E-state index contributed by atoms with van der Waals surface area (Å²) >= 11 is 5.14. The third-order valence-electron chi connectivity index (χ3n) is 2.69. The molecule has 6 nitrogen and oxygen atoms in total. The summed E-state index contributed by atoms with van der Waals surface area (Å²) in [6.45, 7) is 6.23. The fraction of sp³-hybridized carbons (Fsp3) is 0.500. The van der Waals surface area contributed by atoms with E-state index in [4.69, 9.17) is 12.2 Å². The lowest BCUT2D eigenvalue weighted by Crippen LogP contribution is -2.32. The molecule has 0 aliphatic rings. The third kappa shape index (κ3) is 1.66. The summed E-state index contributed by atoms with van der Waals surface area (Å²) in [4.78, 5) is 28.8. The monoisotopic (exact) mass is 254 g/mol. The number of fused-ring (bicyclic) bond motifs is 1. The predicted octanol–water partition coefficient (Wildman–Crippen LogP) is 1.15. The van der Waals surface area contributed by atoms with Gasteiger partial charge in [-0.3, -0.25) is 14.3 Å². The SMILES string of the molecule is CCn1c(=S)[nH]c2c1c(=O)[nH]c(=O)n2C(C)C. The molecule has 2 N–H and O–H groups in total. The zero-order chi connectivity index (χ0) is 12.7. The molecular weight excluding hydrogens is 240 g/mol. The summed E-state index contributed by atoms with van der Waals surface area (Å²) in [5.41, 5.74) is 0.0829. The van der Waals surface area contributed by atoms with Crippen molar-refractivity contribution in [1.82, 2.24) is 19.1 Å². The van der Waals surface area contributed by atoms with Crippen LogP contribution in [-0.2, 0) is 6.54 Å². The molecule has 2 aromatic heterocycles. The number of aromatic amines is 2. The van der Waals surface area contributed by atoms with Crippen LogP contribution in [0.2, 0.25) is 0 Å². The summed E-state index contributed by atoms with van der Waals surface area (Å²) in [5.74, 6) is 0. The fourth-order valence-corrected chi connectivity index (χ4v) is 2.29. The highest BCUT2D eigenvalue weighted by molar-refractivity contribution is 7.71. The minimum Gasteiger partial charge on any atom is -0.316 e. The Balaban J connectivity index is 3.10. The number of H-pyrrole nitrogens is 2. The first-order valence-electron chi connectivity index (χ1n) is 5.44. The van der Waals surface area contributed by atoms with Crippen molar-refractivity contribution in [2.24, 2.45) is 0 Å². The van der Waals surface area contributed by atoms with Crippen LogP contribution in [0.3, 0.4) is 0 Å². The summed E-state index contributed by atoms with van der Waals surface area (Å²) in [7, 11) is 0. The summed E-state index contributed by atoms with van der Waals surface area (Å²) in [6, 6.07) is -0.0554. The number of aryl methyl sites for hydroxylation is 1. The van der Waals surface area contributed by atoms with Gasteiger partial charge in [0.1, 0.15) is 5.65 Å². The van der Waals surface area contributed by atoms with E-state index in [9.17, 15) is 9.59 Å². The van der Waals surface area contributed by atoms with Crippen molar-refractivity contribution < 1.29 is 0 Å². The van der Waals surface area contributed by atoms with E-state index < -0.39 is 11.2 Å². The van der Waals surface area contributed by atoms with Gasteiger partial charge in [0.05, 0.1) is 0 Å². The van der Waals surface area contributed by atoms with Crippen LogP contribution in [0.25, 0.3) is 11.2 Å². The third-order valence-corrected chi connectivity index (χ3v) is 3.02.